The molecule has 13 heteroatoms. The van der Waals surface area contributed by atoms with Crippen LogP contribution in [0, 0.1) is 5.92 Å². The highest BCUT2D eigenvalue weighted by atomic mass is 19.3. The molecule has 39 heavy (non-hydrogen) atoms. The van der Waals surface area contributed by atoms with Gasteiger partial charge in [-0.3, -0.25) is 4.79 Å². The third-order valence-corrected chi connectivity index (χ3v) is 8.02. The van der Waals surface area contributed by atoms with Gasteiger partial charge < -0.3 is 15.5 Å². The normalized spacial score (nSPS) is 22.9. The van der Waals surface area contributed by atoms with Crippen molar-refractivity contribution in [3.8, 4) is 0 Å². The average molecular weight is 543 g/mol. The Kier molecular flexibility index (Phi) is 6.67. The van der Waals surface area contributed by atoms with E-state index < -0.39 is 17.9 Å². The van der Waals surface area contributed by atoms with Gasteiger partial charge in [-0.2, -0.15) is 5.10 Å². The monoisotopic (exact) mass is 542 g/mol. The fourth-order valence-electron chi connectivity index (χ4n) is 5.62. The van der Waals surface area contributed by atoms with Gasteiger partial charge in [-0.15, -0.1) is 0 Å². The predicted octanol–water partition coefficient (Wildman–Crippen LogP) is 3.98. The van der Waals surface area contributed by atoms with Crippen LogP contribution in [0.4, 0.5) is 13.6 Å². The van der Waals surface area contributed by atoms with E-state index in [1.165, 1.54) is 0 Å². The maximum atomic E-state index is 14.0. The lowest BCUT2D eigenvalue weighted by Crippen LogP contribution is -2.40. The largest absolute Gasteiger partial charge is 0.342 e. The van der Waals surface area contributed by atoms with Crippen LogP contribution in [-0.2, 0) is 6.54 Å². The van der Waals surface area contributed by atoms with Gasteiger partial charge in [0.25, 0.3) is 5.91 Å². The highest BCUT2D eigenvalue weighted by molar-refractivity contribution is 5.93. The van der Waals surface area contributed by atoms with Crippen LogP contribution >= 0.6 is 0 Å². The summed E-state index contributed by atoms with van der Waals surface area (Å²) in [5.74, 6) is -3.22. The number of imidazole rings is 1. The maximum absolute atomic E-state index is 14.0. The molecule has 1 aliphatic heterocycles. The van der Waals surface area contributed by atoms with Crippen molar-refractivity contribution in [2.45, 2.75) is 88.8 Å². The highest BCUT2D eigenvalue weighted by Gasteiger charge is 2.40. The van der Waals surface area contributed by atoms with Crippen molar-refractivity contribution in [2.75, 3.05) is 6.54 Å². The first kappa shape index (κ1) is 25.6. The third-order valence-electron chi connectivity index (χ3n) is 8.02. The molecule has 3 aromatic heterocycles. The summed E-state index contributed by atoms with van der Waals surface area (Å²) in [4.78, 5) is 32.3. The molecule has 3 aliphatic rings. The van der Waals surface area contributed by atoms with Crippen LogP contribution in [0.25, 0.3) is 5.65 Å². The quantitative estimate of drug-likeness (QED) is 0.462. The fraction of sp³-hybridized carbons (Fsp3) is 0.615. The summed E-state index contributed by atoms with van der Waals surface area (Å²) in [5.41, 5.74) is 2.58. The third kappa shape index (κ3) is 5.57. The molecule has 0 bridgehead atoms. The molecule has 1 unspecified atom stereocenters. The molecule has 0 radical (unpaired) electrons. The van der Waals surface area contributed by atoms with E-state index in [-0.39, 0.29) is 55.3 Å². The number of hydrogen-bond acceptors (Lipinski definition) is 7. The number of carbonyl (C=O) groups excluding carboxylic acids is 2. The van der Waals surface area contributed by atoms with Crippen LogP contribution in [-0.4, -0.2) is 60.3 Å². The molecule has 0 spiro atoms. The van der Waals surface area contributed by atoms with Gasteiger partial charge in [-0.25, -0.2) is 27.7 Å². The first-order valence-corrected chi connectivity index (χ1v) is 13.7. The highest BCUT2D eigenvalue weighted by Crippen LogP contribution is 2.42. The summed E-state index contributed by atoms with van der Waals surface area (Å²) in [6, 6.07) is 1.28. The Bertz CT molecular complexity index is 1360. The zero-order chi connectivity index (χ0) is 27.1. The van der Waals surface area contributed by atoms with E-state index >= 15 is 0 Å². The number of amides is 3. The number of fused-ring (bicyclic) bond motifs is 1. The van der Waals surface area contributed by atoms with Crippen molar-refractivity contribution in [3.05, 3.63) is 41.1 Å². The van der Waals surface area contributed by atoms with E-state index in [4.69, 9.17) is 9.61 Å². The number of nitrogens with zero attached hydrogens (tertiary/aromatic N) is 6. The van der Waals surface area contributed by atoms with Gasteiger partial charge in [0.2, 0.25) is 5.92 Å². The van der Waals surface area contributed by atoms with Gasteiger partial charge in [-0.1, -0.05) is 5.16 Å². The van der Waals surface area contributed by atoms with Crippen molar-refractivity contribution in [1.29, 1.82) is 0 Å². The summed E-state index contributed by atoms with van der Waals surface area (Å²) in [6.07, 6.45) is 7.12. The summed E-state index contributed by atoms with van der Waals surface area (Å²) < 4.78 is 34.4. The molecule has 2 N–H and O–H groups in total. The summed E-state index contributed by atoms with van der Waals surface area (Å²) >= 11 is 0. The van der Waals surface area contributed by atoms with Gasteiger partial charge >= 0.3 is 6.03 Å². The van der Waals surface area contributed by atoms with Crippen molar-refractivity contribution < 1.29 is 23.0 Å². The zero-order valence-corrected chi connectivity index (χ0v) is 21.8. The number of nitrogens with one attached hydrogen (secondary N) is 2. The molecular formula is C26H32F2N8O3. The SMILES string of the molecule is C[C@H]1CCCN(Cc2cnn3cc(C(NC(=O)c4nonc4C4CC4)C4CCC(F)(F)CC4)nc3c2)C(=O)N1. The molecule has 2 saturated carbocycles. The minimum atomic E-state index is -2.70. The van der Waals surface area contributed by atoms with E-state index in [0.717, 1.165) is 31.2 Å². The van der Waals surface area contributed by atoms with Gasteiger partial charge in [-0.05, 0) is 68.2 Å². The molecule has 4 heterocycles. The summed E-state index contributed by atoms with van der Waals surface area (Å²) in [6.45, 7) is 3.04. The Morgan fingerprint density at radius 2 is 2.03 bits per heavy atom. The Labute approximate surface area is 223 Å². The zero-order valence-electron chi connectivity index (χ0n) is 21.8. The topological polar surface area (TPSA) is 131 Å². The Morgan fingerprint density at radius 1 is 1.23 bits per heavy atom. The first-order valence-electron chi connectivity index (χ1n) is 13.7. The van der Waals surface area contributed by atoms with Crippen LogP contribution in [0.2, 0.25) is 0 Å². The first-order chi connectivity index (χ1) is 18.8. The Hall–Kier alpha value is -3.64. The minimum absolute atomic E-state index is 0.103. The number of halogens is 2. The molecule has 11 nitrogen and oxygen atoms in total. The summed E-state index contributed by atoms with van der Waals surface area (Å²) in [5, 5.41) is 18.2. The van der Waals surface area contributed by atoms with Crippen LogP contribution in [0.1, 0.15) is 97.7 Å². The predicted molar refractivity (Wildman–Crippen MR) is 134 cm³/mol. The van der Waals surface area contributed by atoms with E-state index in [1.807, 2.05) is 13.0 Å². The fourth-order valence-corrected chi connectivity index (χ4v) is 5.62. The average Bonchev–Trinajstić information content (AvgIpc) is 3.51. The molecule has 3 fully saturated rings. The van der Waals surface area contributed by atoms with Gasteiger partial charge in [0.05, 0.1) is 24.1 Å². The standard InChI is InChI=1S/C26H32F2N8O3/c1-15-3-2-10-35(25(38)30-15)13-16-11-20-31-19(14-36(20)29-12-16)21(18-6-8-26(27,28)9-7-18)32-24(37)23-22(17-4-5-17)33-39-34-23/h11-12,14-15,17-18,21H,2-10,13H2,1H3,(H,30,38)(H,32,37)/t15-,21?/m0/s1. The summed E-state index contributed by atoms with van der Waals surface area (Å²) in [7, 11) is 0. The second-order valence-electron chi connectivity index (χ2n) is 11.2. The number of rotatable bonds is 7. The van der Waals surface area contributed by atoms with Crippen LogP contribution in [0.5, 0.6) is 0 Å². The van der Waals surface area contributed by atoms with E-state index in [0.29, 0.717) is 30.1 Å². The van der Waals surface area contributed by atoms with Crippen molar-refractivity contribution in [1.82, 2.24) is 40.4 Å². The Morgan fingerprint density at radius 3 is 2.79 bits per heavy atom. The van der Waals surface area contributed by atoms with Gasteiger partial charge in [0, 0.05) is 37.9 Å². The molecule has 208 valence electrons. The Balaban J connectivity index is 1.25. The van der Waals surface area contributed by atoms with Crippen LogP contribution in [0.3, 0.4) is 0 Å². The number of urea groups is 1. The molecule has 3 aromatic rings. The molecule has 1 saturated heterocycles. The van der Waals surface area contributed by atoms with Crippen molar-refractivity contribution in [2.24, 2.45) is 5.92 Å². The van der Waals surface area contributed by atoms with Crippen molar-refractivity contribution in [3.63, 3.8) is 0 Å². The molecule has 2 atom stereocenters. The van der Waals surface area contributed by atoms with Crippen LogP contribution in [0.15, 0.2) is 23.1 Å². The van der Waals surface area contributed by atoms with E-state index in [2.05, 4.69) is 26.0 Å². The van der Waals surface area contributed by atoms with Crippen LogP contribution < -0.4 is 10.6 Å². The van der Waals surface area contributed by atoms with E-state index in [9.17, 15) is 18.4 Å². The molecule has 0 aromatic carbocycles. The molecular weight excluding hydrogens is 510 g/mol. The van der Waals surface area contributed by atoms with E-state index in [1.54, 1.807) is 21.8 Å². The second kappa shape index (κ2) is 10.2. The van der Waals surface area contributed by atoms with Crippen molar-refractivity contribution >= 4 is 17.6 Å². The van der Waals surface area contributed by atoms with Gasteiger partial charge in [0.15, 0.2) is 11.3 Å². The molecule has 2 aliphatic carbocycles. The lowest BCUT2D eigenvalue weighted by molar-refractivity contribution is -0.0495. The molecule has 3 amide bonds. The maximum Gasteiger partial charge on any atom is 0.317 e. The smallest absolute Gasteiger partial charge is 0.317 e. The number of hydrogen-bond donors (Lipinski definition) is 2. The number of alkyl halides is 2. The van der Waals surface area contributed by atoms with Gasteiger partial charge in [0.1, 0.15) is 5.69 Å². The second-order valence-corrected chi connectivity index (χ2v) is 11.2. The lowest BCUT2D eigenvalue weighted by atomic mass is 9.81. The number of aromatic nitrogens is 5. The number of carbonyl (C=O) groups is 2. The minimum Gasteiger partial charge on any atom is -0.342 e. The lowest BCUT2D eigenvalue weighted by Gasteiger charge is -2.33. The molecule has 6 rings (SSSR count).